The number of nitrogens with zero attached hydrogens (tertiary/aromatic N) is 1. The summed E-state index contributed by atoms with van der Waals surface area (Å²) in [5, 5.41) is 2.95. The van der Waals surface area contributed by atoms with Crippen LogP contribution in [0.4, 0.5) is 0 Å². The van der Waals surface area contributed by atoms with Crippen LogP contribution in [0.5, 0.6) is 5.75 Å². The van der Waals surface area contributed by atoms with Crippen molar-refractivity contribution < 1.29 is 14.3 Å². The van der Waals surface area contributed by atoms with Crippen molar-refractivity contribution in [2.75, 3.05) is 13.2 Å². The fraction of sp³-hybridized carbons (Fsp3) is 0.481. The van der Waals surface area contributed by atoms with Gasteiger partial charge in [0.25, 0.3) is 5.91 Å². The molecule has 0 bridgehead atoms. The summed E-state index contributed by atoms with van der Waals surface area (Å²) in [6, 6.07) is 15.2. The van der Waals surface area contributed by atoms with E-state index in [9.17, 15) is 9.59 Å². The molecule has 0 spiro atoms. The molecular weight excluding hydrogens is 400 g/mol. The normalized spacial score (nSPS) is 12.2. The van der Waals surface area contributed by atoms with Gasteiger partial charge in [0.1, 0.15) is 11.8 Å². The third-order valence-corrected chi connectivity index (χ3v) is 5.58. The van der Waals surface area contributed by atoms with Gasteiger partial charge in [-0.25, -0.2) is 0 Å². The third kappa shape index (κ3) is 6.84. The van der Waals surface area contributed by atoms with Crippen LogP contribution < -0.4 is 10.1 Å². The number of carbonyl (C=O) groups is 2. The molecule has 2 aromatic rings. The topological polar surface area (TPSA) is 58.6 Å². The molecule has 0 aliphatic rings. The standard InChI is InChI=1S/C27H38N2O3/c1-7-17-28-26(31)23(8-2)29(18-21-14-10-9-13-20(21)3)25(30)19-32-24-16-12-11-15-22(24)27(4,5)6/h9-16,23H,7-8,17-19H2,1-6H3,(H,28,31)/t23-/m1/s1. The zero-order valence-electron chi connectivity index (χ0n) is 20.4. The van der Waals surface area contributed by atoms with Gasteiger partial charge in [-0.05, 0) is 47.9 Å². The van der Waals surface area contributed by atoms with Gasteiger partial charge in [0.15, 0.2) is 6.61 Å². The fourth-order valence-electron chi connectivity index (χ4n) is 3.69. The van der Waals surface area contributed by atoms with Crippen molar-refractivity contribution in [3.05, 3.63) is 65.2 Å². The Balaban J connectivity index is 2.27. The van der Waals surface area contributed by atoms with Crippen LogP contribution >= 0.6 is 0 Å². The molecule has 0 saturated heterocycles. The monoisotopic (exact) mass is 438 g/mol. The number of rotatable bonds is 10. The first-order valence-corrected chi connectivity index (χ1v) is 11.5. The highest BCUT2D eigenvalue weighted by Crippen LogP contribution is 2.31. The summed E-state index contributed by atoms with van der Waals surface area (Å²) >= 11 is 0. The van der Waals surface area contributed by atoms with Gasteiger partial charge in [-0.3, -0.25) is 9.59 Å². The van der Waals surface area contributed by atoms with Gasteiger partial charge in [0.2, 0.25) is 5.91 Å². The number of hydrogen-bond acceptors (Lipinski definition) is 3. The van der Waals surface area contributed by atoms with E-state index in [1.807, 2.05) is 69.3 Å². The van der Waals surface area contributed by atoms with Gasteiger partial charge in [-0.1, -0.05) is 77.1 Å². The number of benzene rings is 2. The molecular formula is C27H38N2O3. The summed E-state index contributed by atoms with van der Waals surface area (Å²) in [4.78, 5) is 27.9. The van der Waals surface area contributed by atoms with E-state index in [0.717, 1.165) is 23.1 Å². The lowest BCUT2D eigenvalue weighted by molar-refractivity contribution is -0.143. The van der Waals surface area contributed by atoms with Crippen molar-refractivity contribution in [2.24, 2.45) is 0 Å². The molecule has 0 aliphatic carbocycles. The quantitative estimate of drug-likeness (QED) is 0.568. The van der Waals surface area contributed by atoms with Crippen LogP contribution in [0.15, 0.2) is 48.5 Å². The minimum atomic E-state index is -0.546. The zero-order valence-corrected chi connectivity index (χ0v) is 20.4. The van der Waals surface area contributed by atoms with Gasteiger partial charge in [-0.15, -0.1) is 0 Å². The largest absolute Gasteiger partial charge is 0.483 e. The van der Waals surface area contributed by atoms with Crippen molar-refractivity contribution in [3.8, 4) is 5.75 Å². The van der Waals surface area contributed by atoms with E-state index in [4.69, 9.17) is 4.74 Å². The predicted molar refractivity (Wildman–Crippen MR) is 130 cm³/mol. The van der Waals surface area contributed by atoms with Crippen LogP contribution in [0.2, 0.25) is 0 Å². The molecule has 1 N–H and O–H groups in total. The van der Waals surface area contributed by atoms with E-state index in [0.29, 0.717) is 25.3 Å². The highest BCUT2D eigenvalue weighted by molar-refractivity contribution is 5.88. The molecule has 0 unspecified atom stereocenters. The second-order valence-electron chi connectivity index (χ2n) is 9.20. The van der Waals surface area contributed by atoms with E-state index < -0.39 is 6.04 Å². The Kier molecular flexibility index (Phi) is 9.30. The van der Waals surface area contributed by atoms with E-state index in [-0.39, 0.29) is 23.8 Å². The molecule has 2 amide bonds. The smallest absolute Gasteiger partial charge is 0.261 e. The fourth-order valence-corrected chi connectivity index (χ4v) is 3.69. The molecule has 5 nitrogen and oxygen atoms in total. The van der Waals surface area contributed by atoms with Crippen LogP contribution in [0.25, 0.3) is 0 Å². The second-order valence-corrected chi connectivity index (χ2v) is 9.20. The lowest BCUT2D eigenvalue weighted by Crippen LogP contribution is -2.50. The number of ether oxygens (including phenoxy) is 1. The van der Waals surface area contributed by atoms with Crippen LogP contribution in [0, 0.1) is 6.92 Å². The lowest BCUT2D eigenvalue weighted by atomic mass is 9.86. The first-order valence-electron chi connectivity index (χ1n) is 11.5. The van der Waals surface area contributed by atoms with Crippen molar-refractivity contribution in [1.82, 2.24) is 10.2 Å². The van der Waals surface area contributed by atoms with Crippen LogP contribution in [-0.2, 0) is 21.5 Å². The first kappa shape index (κ1) is 25.4. The van der Waals surface area contributed by atoms with Crippen molar-refractivity contribution in [1.29, 1.82) is 0 Å². The molecule has 0 heterocycles. The zero-order chi connectivity index (χ0) is 23.7. The average molecular weight is 439 g/mol. The molecule has 174 valence electrons. The summed E-state index contributed by atoms with van der Waals surface area (Å²) < 4.78 is 6.01. The Morgan fingerprint density at radius 1 is 1.03 bits per heavy atom. The number of amides is 2. The number of aryl methyl sites for hydroxylation is 1. The van der Waals surface area contributed by atoms with Crippen molar-refractivity contribution in [2.45, 2.75) is 72.4 Å². The Morgan fingerprint density at radius 2 is 1.69 bits per heavy atom. The molecule has 0 aliphatic heterocycles. The van der Waals surface area contributed by atoms with E-state index in [1.165, 1.54) is 0 Å². The molecule has 0 radical (unpaired) electrons. The highest BCUT2D eigenvalue weighted by atomic mass is 16.5. The maximum atomic E-state index is 13.4. The van der Waals surface area contributed by atoms with Gasteiger partial charge in [0, 0.05) is 13.1 Å². The molecule has 0 aromatic heterocycles. The molecule has 5 heteroatoms. The number of nitrogens with one attached hydrogen (secondary N) is 1. The van der Waals surface area contributed by atoms with Crippen molar-refractivity contribution >= 4 is 11.8 Å². The third-order valence-electron chi connectivity index (χ3n) is 5.58. The van der Waals surface area contributed by atoms with Crippen molar-refractivity contribution in [3.63, 3.8) is 0 Å². The summed E-state index contributed by atoms with van der Waals surface area (Å²) in [7, 11) is 0. The van der Waals surface area contributed by atoms with Crippen LogP contribution in [0.3, 0.4) is 0 Å². The first-order chi connectivity index (χ1) is 15.2. The highest BCUT2D eigenvalue weighted by Gasteiger charge is 2.29. The van der Waals surface area contributed by atoms with Crippen LogP contribution in [0.1, 0.15) is 64.2 Å². The van der Waals surface area contributed by atoms with E-state index in [1.54, 1.807) is 4.90 Å². The van der Waals surface area contributed by atoms with Gasteiger partial charge < -0.3 is 15.0 Å². The number of carbonyl (C=O) groups excluding carboxylic acids is 2. The molecule has 2 aromatic carbocycles. The van der Waals surface area contributed by atoms with Crippen LogP contribution in [-0.4, -0.2) is 35.9 Å². The molecule has 0 fully saturated rings. The van der Waals surface area contributed by atoms with E-state index >= 15 is 0 Å². The lowest BCUT2D eigenvalue weighted by Gasteiger charge is -2.31. The van der Waals surface area contributed by atoms with Gasteiger partial charge >= 0.3 is 0 Å². The summed E-state index contributed by atoms with van der Waals surface area (Å²) in [5.41, 5.74) is 3.06. The molecule has 1 atom stereocenters. The molecule has 0 saturated carbocycles. The average Bonchev–Trinajstić information content (AvgIpc) is 2.76. The van der Waals surface area contributed by atoms with Gasteiger partial charge in [0.05, 0.1) is 0 Å². The predicted octanol–water partition coefficient (Wildman–Crippen LogP) is 5.00. The Bertz CT molecular complexity index is 902. The summed E-state index contributed by atoms with van der Waals surface area (Å²) in [6.07, 6.45) is 1.38. The summed E-state index contributed by atoms with van der Waals surface area (Å²) in [5.74, 6) is 0.384. The molecule has 32 heavy (non-hydrogen) atoms. The van der Waals surface area contributed by atoms with E-state index in [2.05, 4.69) is 26.1 Å². The summed E-state index contributed by atoms with van der Waals surface area (Å²) in [6.45, 7) is 13.2. The van der Waals surface area contributed by atoms with Gasteiger partial charge in [-0.2, -0.15) is 0 Å². The minimum Gasteiger partial charge on any atom is -0.483 e. The number of para-hydroxylation sites is 1. The SMILES string of the molecule is CCCNC(=O)[C@@H](CC)N(Cc1ccccc1C)C(=O)COc1ccccc1C(C)(C)C. The Labute approximate surface area is 193 Å². The molecule has 2 rings (SSSR count). The Hall–Kier alpha value is -2.82. The maximum absolute atomic E-state index is 13.4. The number of hydrogen-bond donors (Lipinski definition) is 1. The minimum absolute atomic E-state index is 0.105. The second kappa shape index (κ2) is 11.7. The maximum Gasteiger partial charge on any atom is 0.261 e. The Morgan fingerprint density at radius 3 is 2.31 bits per heavy atom.